The molecule has 0 radical (unpaired) electrons. The van der Waals surface area contributed by atoms with Crippen LogP contribution >= 0.6 is 0 Å². The van der Waals surface area contributed by atoms with Gasteiger partial charge in [0.05, 0.1) is 44.4 Å². The summed E-state index contributed by atoms with van der Waals surface area (Å²) in [4.78, 5) is 12.7. The van der Waals surface area contributed by atoms with E-state index in [2.05, 4.69) is 20.6 Å². The number of aromatic nitrogens is 4. The van der Waals surface area contributed by atoms with Gasteiger partial charge in [0.25, 0.3) is 5.91 Å². The summed E-state index contributed by atoms with van der Waals surface area (Å²) >= 11 is 0. The summed E-state index contributed by atoms with van der Waals surface area (Å²) in [6, 6.07) is 15.0. The van der Waals surface area contributed by atoms with E-state index in [4.69, 9.17) is 14.2 Å². The second-order valence-electron chi connectivity index (χ2n) is 7.43. The van der Waals surface area contributed by atoms with Crippen LogP contribution in [0, 0.1) is 0 Å². The molecule has 0 unspecified atom stereocenters. The summed E-state index contributed by atoms with van der Waals surface area (Å²) < 4.78 is 18.3. The Kier molecular flexibility index (Phi) is 7.12. The van der Waals surface area contributed by atoms with Crippen molar-refractivity contribution in [1.82, 2.24) is 20.0 Å². The number of methoxy groups -OCH3 is 1. The molecule has 176 valence electrons. The lowest BCUT2D eigenvalue weighted by Gasteiger charge is -2.12. The van der Waals surface area contributed by atoms with E-state index in [0.29, 0.717) is 42.6 Å². The van der Waals surface area contributed by atoms with Crippen molar-refractivity contribution in [3.63, 3.8) is 0 Å². The summed E-state index contributed by atoms with van der Waals surface area (Å²) in [5, 5.41) is 14.2. The second-order valence-corrected chi connectivity index (χ2v) is 7.43. The number of benzene rings is 2. The van der Waals surface area contributed by atoms with E-state index in [1.807, 2.05) is 56.3 Å². The largest absolute Gasteiger partial charge is 0.497 e. The molecule has 4 rings (SSSR count). The van der Waals surface area contributed by atoms with E-state index in [0.717, 1.165) is 22.6 Å². The monoisotopic (exact) mass is 461 g/mol. The lowest BCUT2D eigenvalue weighted by atomic mass is 10.1. The van der Waals surface area contributed by atoms with E-state index in [1.165, 1.54) is 0 Å². The Morgan fingerprint density at radius 1 is 1.06 bits per heavy atom. The molecule has 2 N–H and O–H groups in total. The Hall–Kier alpha value is -4.27. The van der Waals surface area contributed by atoms with Crippen molar-refractivity contribution in [3.8, 4) is 28.5 Å². The van der Waals surface area contributed by atoms with Crippen molar-refractivity contribution in [3.05, 3.63) is 72.2 Å². The SMILES string of the molecule is CCOc1ccc(Cn2cc(NC(=O)c3cc(-c4cccc(OC)c4)n[nH]3)cn2)cc1OCC. The number of amides is 1. The molecule has 0 aliphatic carbocycles. The van der Waals surface area contributed by atoms with Crippen LogP contribution in [0.5, 0.6) is 17.2 Å². The van der Waals surface area contributed by atoms with Crippen LogP contribution in [0.3, 0.4) is 0 Å². The first kappa shape index (κ1) is 22.9. The average Bonchev–Trinajstić information content (AvgIpc) is 3.51. The second kappa shape index (κ2) is 10.6. The van der Waals surface area contributed by atoms with Gasteiger partial charge in [-0.1, -0.05) is 18.2 Å². The number of hydrogen-bond acceptors (Lipinski definition) is 6. The highest BCUT2D eigenvalue weighted by atomic mass is 16.5. The van der Waals surface area contributed by atoms with Crippen LogP contribution < -0.4 is 19.5 Å². The van der Waals surface area contributed by atoms with Crippen molar-refractivity contribution < 1.29 is 19.0 Å². The van der Waals surface area contributed by atoms with Gasteiger partial charge in [-0.2, -0.15) is 10.2 Å². The molecule has 0 saturated heterocycles. The number of hydrogen-bond donors (Lipinski definition) is 2. The summed E-state index contributed by atoms with van der Waals surface area (Å²) in [5.41, 5.74) is 3.44. The van der Waals surface area contributed by atoms with Gasteiger partial charge in [0.15, 0.2) is 11.5 Å². The molecule has 2 heterocycles. The highest BCUT2D eigenvalue weighted by molar-refractivity contribution is 6.03. The maximum absolute atomic E-state index is 12.7. The number of carbonyl (C=O) groups is 1. The van der Waals surface area contributed by atoms with Crippen LogP contribution in [0.15, 0.2) is 60.9 Å². The quantitative estimate of drug-likeness (QED) is 0.363. The van der Waals surface area contributed by atoms with Gasteiger partial charge in [-0.05, 0) is 49.7 Å². The van der Waals surface area contributed by atoms with Crippen molar-refractivity contribution in [2.24, 2.45) is 0 Å². The molecule has 0 aliphatic rings. The van der Waals surface area contributed by atoms with Crippen molar-refractivity contribution in [2.45, 2.75) is 20.4 Å². The molecule has 2 aromatic carbocycles. The normalized spacial score (nSPS) is 10.7. The van der Waals surface area contributed by atoms with Gasteiger partial charge in [0.2, 0.25) is 0 Å². The number of carbonyl (C=O) groups excluding carboxylic acids is 1. The first-order valence-electron chi connectivity index (χ1n) is 11.0. The molecule has 1 amide bonds. The average molecular weight is 462 g/mol. The summed E-state index contributed by atoms with van der Waals surface area (Å²) in [6.07, 6.45) is 3.38. The van der Waals surface area contributed by atoms with Crippen LogP contribution in [0.25, 0.3) is 11.3 Å². The third-order valence-electron chi connectivity index (χ3n) is 5.03. The number of H-pyrrole nitrogens is 1. The molecule has 0 saturated carbocycles. The third-order valence-corrected chi connectivity index (χ3v) is 5.03. The lowest BCUT2D eigenvalue weighted by molar-refractivity contribution is 0.102. The predicted octanol–water partition coefficient (Wildman–Crippen LogP) is 4.38. The van der Waals surface area contributed by atoms with E-state index < -0.39 is 0 Å². The topological polar surface area (TPSA) is 103 Å². The van der Waals surface area contributed by atoms with Crippen LogP contribution in [0.2, 0.25) is 0 Å². The molecular weight excluding hydrogens is 434 g/mol. The Morgan fingerprint density at radius 3 is 2.68 bits per heavy atom. The number of ether oxygens (including phenoxy) is 3. The van der Waals surface area contributed by atoms with Gasteiger partial charge >= 0.3 is 0 Å². The fraction of sp³-hybridized carbons (Fsp3) is 0.240. The molecule has 0 aliphatic heterocycles. The number of rotatable bonds is 10. The molecule has 0 bridgehead atoms. The van der Waals surface area contributed by atoms with Crippen molar-refractivity contribution >= 4 is 11.6 Å². The number of anilines is 1. The summed E-state index contributed by atoms with van der Waals surface area (Å²) in [6.45, 7) is 5.51. The maximum atomic E-state index is 12.7. The minimum atomic E-state index is -0.305. The third kappa shape index (κ3) is 5.37. The molecule has 9 heteroatoms. The minimum Gasteiger partial charge on any atom is -0.497 e. The molecule has 0 fully saturated rings. The standard InChI is InChI=1S/C25H27N5O4/c1-4-33-23-10-9-17(11-24(23)34-5-2)15-30-16-19(14-26-30)27-25(31)22-13-21(28-29-22)18-7-6-8-20(12-18)32-3/h6-14,16H,4-5,15H2,1-3H3,(H,27,31)(H,28,29). The van der Waals surface area contributed by atoms with Crippen LogP contribution in [-0.2, 0) is 6.54 Å². The maximum Gasteiger partial charge on any atom is 0.273 e. The zero-order valence-electron chi connectivity index (χ0n) is 19.4. The fourth-order valence-corrected chi connectivity index (χ4v) is 3.46. The summed E-state index contributed by atoms with van der Waals surface area (Å²) in [5.74, 6) is 1.84. The van der Waals surface area contributed by atoms with Gasteiger partial charge in [0.1, 0.15) is 11.4 Å². The van der Waals surface area contributed by atoms with Crippen LogP contribution in [-0.4, -0.2) is 46.2 Å². The Bertz CT molecular complexity index is 1260. The lowest BCUT2D eigenvalue weighted by Crippen LogP contribution is -2.11. The van der Waals surface area contributed by atoms with Crippen molar-refractivity contribution in [1.29, 1.82) is 0 Å². The fourth-order valence-electron chi connectivity index (χ4n) is 3.46. The van der Waals surface area contributed by atoms with Gasteiger partial charge in [-0.3, -0.25) is 14.6 Å². The summed E-state index contributed by atoms with van der Waals surface area (Å²) in [7, 11) is 1.61. The molecule has 34 heavy (non-hydrogen) atoms. The molecule has 9 nitrogen and oxygen atoms in total. The van der Waals surface area contributed by atoms with E-state index >= 15 is 0 Å². The smallest absolute Gasteiger partial charge is 0.273 e. The highest BCUT2D eigenvalue weighted by Crippen LogP contribution is 2.29. The van der Waals surface area contributed by atoms with E-state index in [-0.39, 0.29) is 5.91 Å². The molecule has 2 aromatic heterocycles. The number of nitrogens with zero attached hydrogens (tertiary/aromatic N) is 3. The van der Waals surface area contributed by atoms with Gasteiger partial charge in [0, 0.05) is 11.8 Å². The van der Waals surface area contributed by atoms with Crippen LogP contribution in [0.1, 0.15) is 29.9 Å². The molecule has 0 atom stereocenters. The minimum absolute atomic E-state index is 0.305. The van der Waals surface area contributed by atoms with Crippen LogP contribution in [0.4, 0.5) is 5.69 Å². The zero-order chi connectivity index (χ0) is 23.9. The Balaban J connectivity index is 1.42. The first-order valence-corrected chi connectivity index (χ1v) is 11.0. The predicted molar refractivity (Wildman–Crippen MR) is 129 cm³/mol. The number of nitrogens with one attached hydrogen (secondary N) is 2. The molecule has 0 spiro atoms. The van der Waals surface area contributed by atoms with Gasteiger partial charge < -0.3 is 19.5 Å². The highest BCUT2D eigenvalue weighted by Gasteiger charge is 2.13. The van der Waals surface area contributed by atoms with Gasteiger partial charge in [-0.15, -0.1) is 0 Å². The zero-order valence-corrected chi connectivity index (χ0v) is 19.4. The van der Waals surface area contributed by atoms with E-state index in [9.17, 15) is 4.79 Å². The van der Waals surface area contributed by atoms with Crippen molar-refractivity contribution in [2.75, 3.05) is 25.6 Å². The molecular formula is C25H27N5O4. The van der Waals surface area contributed by atoms with E-state index in [1.54, 1.807) is 30.3 Å². The van der Waals surface area contributed by atoms with Gasteiger partial charge in [-0.25, -0.2) is 0 Å². The first-order chi connectivity index (χ1) is 16.6. The number of aromatic amines is 1. The Morgan fingerprint density at radius 2 is 1.88 bits per heavy atom. The Labute approximate surface area is 197 Å². The molecule has 4 aromatic rings.